The number of hydrogen-bond donors (Lipinski definition) is 1. The molecule has 1 aromatic carbocycles. The Balaban J connectivity index is 2.75. The molecular weight excluding hydrogens is 196 g/mol. The number of ether oxygens (including phenoxy) is 1. The maximum absolute atomic E-state index is 9.14. The quantitative estimate of drug-likeness (QED) is 0.822. The molecule has 14 heavy (non-hydrogen) atoms. The molecule has 2 nitrogen and oxygen atoms in total. The molecule has 0 spiro atoms. The van der Waals surface area contributed by atoms with Crippen LogP contribution >= 0.6 is 11.3 Å². The second-order valence-corrected chi connectivity index (χ2v) is 4.47. The van der Waals surface area contributed by atoms with Crippen LogP contribution in [0.15, 0.2) is 18.2 Å². The molecule has 1 heterocycles. The number of thiophene rings is 1. The van der Waals surface area contributed by atoms with E-state index in [0.29, 0.717) is 0 Å². The zero-order valence-electron chi connectivity index (χ0n) is 8.20. The molecule has 0 unspecified atom stereocenters. The molecule has 0 aliphatic heterocycles. The molecule has 0 saturated heterocycles. The number of hydrogen-bond acceptors (Lipinski definition) is 3. The fourth-order valence-corrected chi connectivity index (χ4v) is 2.55. The van der Waals surface area contributed by atoms with Crippen molar-refractivity contribution < 1.29 is 9.84 Å². The molecule has 3 heteroatoms. The third kappa shape index (κ3) is 1.38. The van der Waals surface area contributed by atoms with Crippen LogP contribution in [0.2, 0.25) is 0 Å². The minimum Gasteiger partial charge on any atom is -0.496 e. The van der Waals surface area contributed by atoms with Crippen LogP contribution in [0.5, 0.6) is 5.75 Å². The maximum Gasteiger partial charge on any atom is 0.133 e. The molecule has 0 aliphatic rings. The average molecular weight is 208 g/mol. The predicted octanol–water partition coefficient (Wildman–Crippen LogP) is 2.71. The van der Waals surface area contributed by atoms with Gasteiger partial charge in [0.1, 0.15) is 5.75 Å². The van der Waals surface area contributed by atoms with E-state index in [2.05, 4.69) is 13.0 Å². The van der Waals surface area contributed by atoms with Crippen molar-refractivity contribution in [1.82, 2.24) is 0 Å². The Labute approximate surface area is 86.8 Å². The van der Waals surface area contributed by atoms with Gasteiger partial charge in [-0.2, -0.15) is 0 Å². The predicted molar refractivity (Wildman–Crippen MR) is 59.0 cm³/mol. The summed E-state index contributed by atoms with van der Waals surface area (Å²) >= 11 is 1.74. The Morgan fingerprint density at radius 2 is 2.21 bits per heavy atom. The number of aryl methyl sites for hydroxylation is 1. The molecule has 1 N–H and O–H groups in total. The third-order valence-electron chi connectivity index (χ3n) is 2.23. The molecule has 0 amide bonds. The fraction of sp³-hybridized carbons (Fsp3) is 0.273. The van der Waals surface area contributed by atoms with Crippen LogP contribution in [-0.4, -0.2) is 12.2 Å². The smallest absolute Gasteiger partial charge is 0.133 e. The normalized spacial score (nSPS) is 10.8. The minimum atomic E-state index is 0.0218. The van der Waals surface area contributed by atoms with Gasteiger partial charge in [-0.05, 0) is 19.1 Å². The first-order chi connectivity index (χ1) is 6.76. The molecular formula is C11H12O2S. The van der Waals surface area contributed by atoms with Gasteiger partial charge in [-0.3, -0.25) is 0 Å². The Morgan fingerprint density at radius 3 is 2.86 bits per heavy atom. The summed E-state index contributed by atoms with van der Waals surface area (Å²) in [4.78, 5) is 1.26. The summed E-state index contributed by atoms with van der Waals surface area (Å²) in [6.45, 7) is 2.09. The zero-order valence-corrected chi connectivity index (χ0v) is 9.02. The van der Waals surface area contributed by atoms with Gasteiger partial charge in [-0.25, -0.2) is 0 Å². The van der Waals surface area contributed by atoms with E-state index in [-0.39, 0.29) is 6.61 Å². The van der Waals surface area contributed by atoms with Crippen LogP contribution in [0.4, 0.5) is 0 Å². The van der Waals surface area contributed by atoms with Gasteiger partial charge < -0.3 is 9.84 Å². The van der Waals surface area contributed by atoms with E-state index in [1.807, 2.05) is 12.1 Å². The van der Waals surface area contributed by atoms with Crippen LogP contribution in [-0.2, 0) is 6.61 Å². The molecule has 0 aliphatic carbocycles. The molecule has 1 aromatic heterocycles. The van der Waals surface area contributed by atoms with E-state index in [0.717, 1.165) is 16.7 Å². The Bertz CT molecular complexity index is 460. The summed E-state index contributed by atoms with van der Waals surface area (Å²) in [5, 5.41) is 10.2. The van der Waals surface area contributed by atoms with Gasteiger partial charge in [-0.15, -0.1) is 11.3 Å². The lowest BCUT2D eigenvalue weighted by atomic mass is 10.1. The Hall–Kier alpha value is -1.06. The van der Waals surface area contributed by atoms with Crippen LogP contribution in [0.25, 0.3) is 10.1 Å². The molecule has 0 radical (unpaired) electrons. The number of fused-ring (bicyclic) bond motifs is 1. The van der Waals surface area contributed by atoms with E-state index in [1.165, 1.54) is 9.58 Å². The first-order valence-corrected chi connectivity index (χ1v) is 5.24. The Morgan fingerprint density at radius 1 is 1.43 bits per heavy atom. The van der Waals surface area contributed by atoms with Crippen molar-refractivity contribution in [1.29, 1.82) is 0 Å². The lowest BCUT2D eigenvalue weighted by Crippen LogP contribution is -1.91. The van der Waals surface area contributed by atoms with Crippen LogP contribution in [0, 0.1) is 6.92 Å². The van der Waals surface area contributed by atoms with E-state index in [9.17, 15) is 0 Å². The molecule has 0 saturated carbocycles. The Kier molecular flexibility index (Phi) is 2.44. The monoisotopic (exact) mass is 208 g/mol. The maximum atomic E-state index is 9.14. The summed E-state index contributed by atoms with van der Waals surface area (Å²) in [6, 6.07) is 6.04. The lowest BCUT2D eigenvalue weighted by molar-refractivity contribution is 0.274. The minimum absolute atomic E-state index is 0.0218. The van der Waals surface area contributed by atoms with Crippen LogP contribution in [0.1, 0.15) is 10.4 Å². The highest BCUT2D eigenvalue weighted by atomic mass is 32.1. The topological polar surface area (TPSA) is 29.5 Å². The van der Waals surface area contributed by atoms with Gasteiger partial charge >= 0.3 is 0 Å². The van der Waals surface area contributed by atoms with Crippen molar-refractivity contribution in [3.05, 3.63) is 28.6 Å². The van der Waals surface area contributed by atoms with E-state index in [4.69, 9.17) is 9.84 Å². The van der Waals surface area contributed by atoms with Crippen molar-refractivity contribution in [2.24, 2.45) is 0 Å². The first kappa shape index (κ1) is 9.49. The highest BCUT2D eigenvalue weighted by molar-refractivity contribution is 7.19. The molecule has 0 fully saturated rings. The zero-order chi connectivity index (χ0) is 10.1. The van der Waals surface area contributed by atoms with E-state index >= 15 is 0 Å². The molecule has 0 bridgehead atoms. The second kappa shape index (κ2) is 3.59. The number of aliphatic hydroxyl groups is 1. The molecule has 2 rings (SSSR count). The number of rotatable bonds is 2. The fourth-order valence-electron chi connectivity index (χ4n) is 1.62. The van der Waals surface area contributed by atoms with E-state index < -0.39 is 0 Å². The molecule has 0 atom stereocenters. The van der Waals surface area contributed by atoms with Gasteiger partial charge in [0.25, 0.3) is 0 Å². The average Bonchev–Trinajstić information content (AvgIpc) is 2.56. The van der Waals surface area contributed by atoms with Crippen LogP contribution < -0.4 is 4.74 Å². The number of methoxy groups -OCH3 is 1. The van der Waals surface area contributed by atoms with Gasteiger partial charge in [0, 0.05) is 20.5 Å². The summed E-state index contributed by atoms with van der Waals surface area (Å²) in [5.41, 5.74) is 0.845. The summed E-state index contributed by atoms with van der Waals surface area (Å²) in [5.74, 6) is 0.800. The van der Waals surface area contributed by atoms with Gasteiger partial charge in [0.15, 0.2) is 0 Å². The standard InChI is InChI=1S/C11H12O2S/c1-7-5-9-10(14-7)4-3-8(6-12)11(9)13-2/h3-5,12H,6H2,1-2H3. The van der Waals surface area contributed by atoms with Crippen molar-refractivity contribution >= 4 is 21.4 Å². The van der Waals surface area contributed by atoms with Gasteiger partial charge in [0.05, 0.1) is 13.7 Å². The summed E-state index contributed by atoms with van der Waals surface area (Å²) in [6.07, 6.45) is 0. The third-order valence-corrected chi connectivity index (χ3v) is 3.25. The van der Waals surface area contributed by atoms with Crippen molar-refractivity contribution in [2.45, 2.75) is 13.5 Å². The number of benzene rings is 1. The summed E-state index contributed by atoms with van der Waals surface area (Å²) < 4.78 is 6.51. The van der Waals surface area contributed by atoms with Gasteiger partial charge in [0.2, 0.25) is 0 Å². The SMILES string of the molecule is COc1c(CO)ccc2sc(C)cc12. The van der Waals surface area contributed by atoms with Gasteiger partial charge in [-0.1, -0.05) is 6.07 Å². The highest BCUT2D eigenvalue weighted by Crippen LogP contribution is 2.35. The first-order valence-electron chi connectivity index (χ1n) is 4.43. The lowest BCUT2D eigenvalue weighted by Gasteiger charge is -2.06. The van der Waals surface area contributed by atoms with Crippen LogP contribution in [0.3, 0.4) is 0 Å². The molecule has 74 valence electrons. The summed E-state index contributed by atoms with van der Waals surface area (Å²) in [7, 11) is 1.64. The second-order valence-electron chi connectivity index (χ2n) is 3.18. The van der Waals surface area contributed by atoms with Crippen molar-refractivity contribution in [3.63, 3.8) is 0 Å². The molecule has 2 aromatic rings. The largest absolute Gasteiger partial charge is 0.496 e. The van der Waals surface area contributed by atoms with E-state index in [1.54, 1.807) is 18.4 Å². The van der Waals surface area contributed by atoms with Crippen molar-refractivity contribution in [2.75, 3.05) is 7.11 Å². The highest BCUT2D eigenvalue weighted by Gasteiger charge is 2.09. The number of aliphatic hydroxyl groups excluding tert-OH is 1. The van der Waals surface area contributed by atoms with Crippen molar-refractivity contribution in [3.8, 4) is 5.75 Å².